The van der Waals surface area contributed by atoms with Crippen LogP contribution in [0.15, 0.2) is 11.1 Å². The highest BCUT2D eigenvalue weighted by atomic mass is 16.5. The van der Waals surface area contributed by atoms with Gasteiger partial charge in [0, 0.05) is 6.42 Å². The SMILES string of the molecule is [2H]n1c(N)nc(=O)c2ncn([C@H]3C[C@H](O)[C@@H](CO)O3)c21. The minimum atomic E-state index is -0.826. The number of hydrogen-bond donors (Lipinski definition) is 4. The van der Waals surface area contributed by atoms with Crippen molar-refractivity contribution in [1.29, 1.82) is 0 Å². The molecule has 0 bridgehead atoms. The third-order valence-electron chi connectivity index (χ3n) is 3.10. The number of fused-ring (bicyclic) bond motifs is 1. The van der Waals surface area contributed by atoms with Gasteiger partial charge in [-0.25, -0.2) is 4.98 Å². The molecule has 1 aliphatic rings. The number of aliphatic hydroxyl groups is 2. The molecule has 5 N–H and O–H groups in total. The second-order valence-electron chi connectivity index (χ2n) is 4.33. The molecule has 1 fully saturated rings. The van der Waals surface area contributed by atoms with Crippen LogP contribution in [0, 0.1) is 0 Å². The predicted octanol–water partition coefficient (Wildman–Crippen LogP) is -1.66. The number of aromatic amines is 1. The van der Waals surface area contributed by atoms with E-state index in [1.54, 1.807) is 0 Å². The number of H-pyrrole nitrogens is 1. The van der Waals surface area contributed by atoms with Gasteiger partial charge in [-0.05, 0) is 0 Å². The van der Waals surface area contributed by atoms with E-state index in [0.717, 1.165) is 4.98 Å². The second-order valence-corrected chi connectivity index (χ2v) is 4.33. The Hall–Kier alpha value is -1.97. The molecule has 0 aliphatic carbocycles. The lowest BCUT2D eigenvalue weighted by Crippen LogP contribution is -2.24. The van der Waals surface area contributed by atoms with Gasteiger partial charge in [0.2, 0.25) is 5.95 Å². The molecule has 0 saturated carbocycles. The Morgan fingerprint density at radius 2 is 2.53 bits per heavy atom. The van der Waals surface area contributed by atoms with Crippen LogP contribution in [0.2, 0.25) is 1.41 Å². The van der Waals surface area contributed by atoms with E-state index in [9.17, 15) is 9.90 Å². The first-order valence-corrected chi connectivity index (χ1v) is 5.71. The topological polar surface area (TPSA) is 139 Å². The maximum Gasteiger partial charge on any atom is 0.302 e. The molecular formula is C10H13N5O4. The number of hydrogen-bond acceptors (Lipinski definition) is 7. The summed E-state index contributed by atoms with van der Waals surface area (Å²) < 4.78 is 14.7. The summed E-state index contributed by atoms with van der Waals surface area (Å²) in [6.45, 7) is -0.318. The fourth-order valence-corrected chi connectivity index (χ4v) is 2.17. The molecule has 3 heterocycles. The van der Waals surface area contributed by atoms with Crippen molar-refractivity contribution in [3.63, 3.8) is 0 Å². The van der Waals surface area contributed by atoms with Crippen molar-refractivity contribution < 1.29 is 16.4 Å². The van der Waals surface area contributed by atoms with E-state index in [4.69, 9.17) is 17.0 Å². The standard InChI is InChI=1S/C10H13N5O4/c11-10-13-8-7(9(18)14-10)12-3-15(8)6-1-4(17)5(2-16)19-6/h3-6,16-17H,1-2H2,(H3,11,13,14,18)/t4-,5+,6+/m0/s1/i/hD. The maximum atomic E-state index is 11.7. The number of anilines is 1. The minimum absolute atomic E-state index is 0.000242. The van der Waals surface area contributed by atoms with Gasteiger partial charge in [0.1, 0.15) is 18.0 Å². The summed E-state index contributed by atoms with van der Waals surface area (Å²) in [5, 5.41) is 18.8. The zero-order chi connectivity index (χ0) is 14.4. The second kappa shape index (κ2) is 4.30. The summed E-state index contributed by atoms with van der Waals surface area (Å²) in [6, 6.07) is 0. The molecule has 19 heavy (non-hydrogen) atoms. The van der Waals surface area contributed by atoms with Crippen LogP contribution in [0.3, 0.4) is 0 Å². The molecule has 1 saturated heterocycles. The van der Waals surface area contributed by atoms with Crippen molar-refractivity contribution in [3.8, 4) is 0 Å². The zero-order valence-electron chi connectivity index (χ0n) is 10.8. The number of nitrogens with zero attached hydrogens (tertiary/aromatic N) is 3. The van der Waals surface area contributed by atoms with Crippen LogP contribution in [0.5, 0.6) is 0 Å². The van der Waals surface area contributed by atoms with Gasteiger partial charge in [0.25, 0.3) is 0 Å². The average molecular weight is 268 g/mol. The first-order valence-electron chi connectivity index (χ1n) is 6.16. The van der Waals surface area contributed by atoms with E-state index in [1.807, 2.05) is 0 Å². The Kier molecular flexibility index (Phi) is 2.47. The van der Waals surface area contributed by atoms with Crippen LogP contribution in [-0.2, 0) is 4.74 Å². The minimum Gasteiger partial charge on any atom is -0.394 e. The summed E-state index contributed by atoms with van der Waals surface area (Å²) in [5.41, 5.74) is 5.00. The van der Waals surface area contributed by atoms with Crippen LogP contribution in [0.4, 0.5) is 5.95 Å². The summed E-state index contributed by atoms with van der Waals surface area (Å²) in [5.74, 6) is -0.262. The van der Waals surface area contributed by atoms with E-state index in [0.29, 0.717) is 0 Å². The molecule has 102 valence electrons. The molecule has 0 amide bonds. The molecule has 0 unspecified atom stereocenters. The van der Waals surface area contributed by atoms with E-state index in [-0.39, 0.29) is 30.1 Å². The van der Waals surface area contributed by atoms with Crippen LogP contribution in [0.25, 0.3) is 11.2 Å². The van der Waals surface area contributed by atoms with E-state index >= 15 is 0 Å². The lowest BCUT2D eigenvalue weighted by molar-refractivity contribution is -0.0432. The van der Waals surface area contributed by atoms with Crippen molar-refractivity contribution >= 4 is 17.1 Å². The van der Waals surface area contributed by atoms with Gasteiger partial charge in [0.05, 0.1) is 19.0 Å². The molecule has 3 atom stereocenters. The molecule has 9 nitrogen and oxygen atoms in total. The molecule has 0 spiro atoms. The fraction of sp³-hybridized carbons (Fsp3) is 0.500. The highest BCUT2D eigenvalue weighted by Gasteiger charge is 2.35. The lowest BCUT2D eigenvalue weighted by atomic mass is 10.2. The van der Waals surface area contributed by atoms with Crippen LogP contribution in [-0.4, -0.2) is 48.5 Å². The maximum absolute atomic E-state index is 11.7. The summed E-state index contributed by atoms with van der Waals surface area (Å²) in [7, 11) is 0. The Balaban J connectivity index is 2.12. The largest absolute Gasteiger partial charge is 0.394 e. The molecule has 2 aromatic heterocycles. The quantitative estimate of drug-likeness (QED) is 0.511. The number of nitrogen functional groups attached to an aromatic ring is 1. The summed E-state index contributed by atoms with van der Waals surface area (Å²) in [4.78, 5) is 19.8. The van der Waals surface area contributed by atoms with Gasteiger partial charge in [-0.1, -0.05) is 0 Å². The van der Waals surface area contributed by atoms with Gasteiger partial charge < -0.3 is 25.7 Å². The van der Waals surface area contributed by atoms with Gasteiger partial charge in [0.15, 0.2) is 6.93 Å². The van der Waals surface area contributed by atoms with E-state index in [1.165, 1.54) is 10.9 Å². The van der Waals surface area contributed by atoms with Crippen molar-refractivity contribution in [3.05, 3.63) is 16.7 Å². The number of aliphatic hydroxyl groups excluding tert-OH is 2. The summed E-state index contributed by atoms with van der Waals surface area (Å²) in [6.07, 6.45) is -0.623. The third-order valence-corrected chi connectivity index (χ3v) is 3.10. The monoisotopic (exact) mass is 268 g/mol. The van der Waals surface area contributed by atoms with Crippen LogP contribution < -0.4 is 11.3 Å². The number of rotatable bonds is 2. The number of nitrogens with one attached hydrogen (secondary N) is 1. The van der Waals surface area contributed by atoms with Gasteiger partial charge in [-0.2, -0.15) is 4.98 Å². The predicted molar refractivity (Wildman–Crippen MR) is 64.2 cm³/mol. The van der Waals surface area contributed by atoms with Gasteiger partial charge in [-0.3, -0.25) is 9.36 Å². The summed E-state index contributed by atoms with van der Waals surface area (Å²) >= 11 is 0. The highest BCUT2D eigenvalue weighted by molar-refractivity contribution is 5.70. The number of ether oxygens (including phenoxy) is 1. The van der Waals surface area contributed by atoms with Gasteiger partial charge in [-0.15, -0.1) is 0 Å². The van der Waals surface area contributed by atoms with Crippen molar-refractivity contribution in [2.75, 3.05) is 12.3 Å². The van der Waals surface area contributed by atoms with Crippen molar-refractivity contribution in [2.24, 2.45) is 0 Å². The lowest BCUT2D eigenvalue weighted by Gasteiger charge is -2.13. The van der Waals surface area contributed by atoms with Crippen molar-refractivity contribution in [1.82, 2.24) is 19.5 Å². The van der Waals surface area contributed by atoms with Crippen molar-refractivity contribution in [2.45, 2.75) is 24.9 Å². The first-order chi connectivity index (χ1) is 9.52. The average Bonchev–Trinajstić information content (AvgIpc) is 2.99. The molecule has 2 aromatic rings. The Labute approximate surface area is 108 Å². The van der Waals surface area contributed by atoms with Crippen LogP contribution in [0.1, 0.15) is 12.6 Å². The molecular weight excluding hydrogens is 254 g/mol. The molecule has 9 heteroatoms. The van der Waals surface area contributed by atoms with Crippen LogP contribution >= 0.6 is 0 Å². The Morgan fingerprint density at radius 1 is 1.74 bits per heavy atom. The third kappa shape index (κ3) is 1.87. The van der Waals surface area contributed by atoms with E-state index in [2.05, 4.69) is 9.97 Å². The number of imidazole rings is 1. The first kappa shape index (κ1) is 10.9. The number of aromatic nitrogens is 4. The fourth-order valence-electron chi connectivity index (χ4n) is 2.17. The number of nitrogens with two attached hydrogens (primary N) is 1. The molecule has 1 aliphatic heterocycles. The highest BCUT2D eigenvalue weighted by Crippen LogP contribution is 2.30. The zero-order valence-corrected chi connectivity index (χ0v) is 9.80. The normalized spacial score (nSPS) is 27.9. The molecule has 0 radical (unpaired) electrons. The Morgan fingerprint density at radius 3 is 3.21 bits per heavy atom. The molecule has 0 aromatic carbocycles. The smallest absolute Gasteiger partial charge is 0.302 e. The Bertz CT molecular complexity index is 713. The molecule has 3 rings (SSSR count). The van der Waals surface area contributed by atoms with E-state index < -0.39 is 24.0 Å². The van der Waals surface area contributed by atoms with Gasteiger partial charge >= 0.3 is 5.56 Å².